The van der Waals surface area contributed by atoms with E-state index >= 15 is 0 Å². The van der Waals surface area contributed by atoms with Crippen molar-refractivity contribution >= 4 is 23.0 Å². The van der Waals surface area contributed by atoms with Crippen LogP contribution < -0.4 is 16.0 Å². The van der Waals surface area contributed by atoms with E-state index in [1.165, 1.54) is 16.7 Å². The Kier molecular flexibility index (Phi) is 4.67. The molecule has 138 valence electrons. The van der Waals surface area contributed by atoms with Crippen LogP contribution in [-0.4, -0.2) is 16.5 Å². The second kappa shape index (κ2) is 7.27. The maximum Gasteiger partial charge on any atom is 0.159 e. The highest BCUT2D eigenvalue weighted by molar-refractivity contribution is 5.78. The molecule has 0 unspecified atom stereocenters. The lowest BCUT2D eigenvalue weighted by Crippen LogP contribution is -2.31. The van der Waals surface area contributed by atoms with E-state index in [-0.39, 0.29) is 0 Å². The van der Waals surface area contributed by atoms with Crippen molar-refractivity contribution in [2.75, 3.05) is 22.5 Å². The number of nitrogen functional groups attached to an aromatic ring is 1. The minimum atomic E-state index is 0.511. The van der Waals surface area contributed by atoms with Crippen molar-refractivity contribution in [3.05, 3.63) is 71.5 Å². The van der Waals surface area contributed by atoms with Crippen LogP contribution in [0.25, 0.3) is 0 Å². The van der Waals surface area contributed by atoms with Crippen molar-refractivity contribution < 1.29 is 0 Å². The Balaban J connectivity index is 1.56. The van der Waals surface area contributed by atoms with Gasteiger partial charge in [0.15, 0.2) is 11.6 Å². The molecule has 1 aromatic heterocycles. The van der Waals surface area contributed by atoms with Crippen molar-refractivity contribution in [2.45, 2.75) is 32.7 Å². The summed E-state index contributed by atoms with van der Waals surface area (Å²) in [6.45, 7) is 6.10. The van der Waals surface area contributed by atoms with E-state index < -0.39 is 0 Å². The van der Waals surface area contributed by atoms with E-state index in [0.29, 0.717) is 17.4 Å². The van der Waals surface area contributed by atoms with Gasteiger partial charge in [0.2, 0.25) is 0 Å². The summed E-state index contributed by atoms with van der Waals surface area (Å²) in [5.74, 6) is 1.95. The highest BCUT2D eigenvalue weighted by Gasteiger charge is 2.20. The zero-order valence-electron chi connectivity index (χ0n) is 15.8. The number of nitrogens with one attached hydrogen (secondary N) is 1. The number of fused-ring (bicyclic) bond motifs is 1. The van der Waals surface area contributed by atoms with Crippen LogP contribution in [0.5, 0.6) is 0 Å². The first kappa shape index (κ1) is 17.3. The van der Waals surface area contributed by atoms with E-state index in [0.717, 1.165) is 31.0 Å². The molecule has 0 spiro atoms. The van der Waals surface area contributed by atoms with Gasteiger partial charge in [0.25, 0.3) is 0 Å². The lowest BCUT2D eigenvalue weighted by molar-refractivity contribution is 0.721. The molecule has 5 heteroatoms. The fourth-order valence-corrected chi connectivity index (χ4v) is 3.50. The van der Waals surface area contributed by atoms with E-state index in [1.807, 2.05) is 0 Å². The predicted octanol–water partition coefficient (Wildman–Crippen LogP) is 4.49. The summed E-state index contributed by atoms with van der Waals surface area (Å²) in [4.78, 5) is 11.0. The molecule has 0 radical (unpaired) electrons. The van der Waals surface area contributed by atoms with Crippen LogP contribution in [0.15, 0.2) is 54.9 Å². The molecule has 0 saturated carbocycles. The Labute approximate surface area is 160 Å². The molecule has 3 N–H and O–H groups in total. The van der Waals surface area contributed by atoms with Crippen molar-refractivity contribution in [2.24, 2.45) is 0 Å². The quantitative estimate of drug-likeness (QED) is 0.718. The van der Waals surface area contributed by atoms with Gasteiger partial charge in [-0.1, -0.05) is 50.2 Å². The predicted molar refractivity (Wildman–Crippen MR) is 111 cm³/mol. The third kappa shape index (κ3) is 3.58. The Morgan fingerprint density at radius 1 is 1.00 bits per heavy atom. The summed E-state index contributed by atoms with van der Waals surface area (Å²) in [7, 11) is 0. The summed E-state index contributed by atoms with van der Waals surface area (Å²) in [6.07, 6.45) is 2.58. The van der Waals surface area contributed by atoms with Gasteiger partial charge in [-0.3, -0.25) is 0 Å². The highest BCUT2D eigenvalue weighted by Crippen LogP contribution is 2.32. The van der Waals surface area contributed by atoms with Crippen molar-refractivity contribution in [1.29, 1.82) is 0 Å². The van der Waals surface area contributed by atoms with Gasteiger partial charge in [-0.2, -0.15) is 0 Å². The van der Waals surface area contributed by atoms with Gasteiger partial charge in [-0.25, -0.2) is 9.97 Å². The van der Waals surface area contributed by atoms with Gasteiger partial charge >= 0.3 is 0 Å². The highest BCUT2D eigenvalue weighted by atomic mass is 15.2. The summed E-state index contributed by atoms with van der Waals surface area (Å²) in [5.41, 5.74) is 12.0. The number of rotatable bonds is 4. The Morgan fingerprint density at radius 2 is 1.74 bits per heavy atom. The van der Waals surface area contributed by atoms with E-state index in [2.05, 4.69) is 82.6 Å². The first-order chi connectivity index (χ1) is 13.1. The molecule has 2 heterocycles. The molecule has 0 aliphatic carbocycles. The Morgan fingerprint density at radius 3 is 2.48 bits per heavy atom. The fourth-order valence-electron chi connectivity index (χ4n) is 3.50. The molecular weight excluding hydrogens is 334 g/mol. The number of nitrogens with zero attached hydrogens (tertiary/aromatic N) is 3. The zero-order valence-corrected chi connectivity index (χ0v) is 15.8. The summed E-state index contributed by atoms with van der Waals surface area (Å²) >= 11 is 0. The SMILES string of the molecule is CC(C)c1ccc(Nc2ncnc(N3CCc4ccccc4C3)c2N)cc1. The average Bonchev–Trinajstić information content (AvgIpc) is 2.69. The molecule has 0 bridgehead atoms. The third-order valence-electron chi connectivity index (χ3n) is 5.13. The van der Waals surface area contributed by atoms with E-state index in [4.69, 9.17) is 5.73 Å². The van der Waals surface area contributed by atoms with Crippen LogP contribution in [0.2, 0.25) is 0 Å². The summed E-state index contributed by atoms with van der Waals surface area (Å²) < 4.78 is 0. The number of nitrogens with two attached hydrogens (primary N) is 1. The molecular formula is C22H25N5. The molecule has 3 aromatic rings. The van der Waals surface area contributed by atoms with Gasteiger partial charge in [0.05, 0.1) is 0 Å². The number of anilines is 4. The zero-order chi connectivity index (χ0) is 18.8. The maximum absolute atomic E-state index is 6.43. The van der Waals surface area contributed by atoms with Crippen LogP contribution in [0.3, 0.4) is 0 Å². The van der Waals surface area contributed by atoms with Crippen molar-refractivity contribution in [3.63, 3.8) is 0 Å². The standard InChI is InChI=1S/C22H25N5/c1-15(2)16-7-9-19(10-8-16)26-21-20(23)22(25-14-24-21)27-12-11-17-5-3-4-6-18(17)13-27/h3-10,14-15H,11-13,23H2,1-2H3,(H,24,25,26). The lowest BCUT2D eigenvalue weighted by Gasteiger charge is -2.30. The van der Waals surface area contributed by atoms with Gasteiger partial charge < -0.3 is 16.0 Å². The molecule has 1 aliphatic heterocycles. The van der Waals surface area contributed by atoms with E-state index in [1.54, 1.807) is 6.33 Å². The third-order valence-corrected chi connectivity index (χ3v) is 5.13. The molecule has 0 fully saturated rings. The second-order valence-electron chi connectivity index (χ2n) is 7.30. The number of hydrogen-bond donors (Lipinski definition) is 2. The molecule has 0 atom stereocenters. The Hall–Kier alpha value is -3.08. The lowest BCUT2D eigenvalue weighted by atomic mass is 10.00. The van der Waals surface area contributed by atoms with Crippen LogP contribution in [0.1, 0.15) is 36.5 Å². The molecule has 2 aromatic carbocycles. The smallest absolute Gasteiger partial charge is 0.159 e. The molecule has 27 heavy (non-hydrogen) atoms. The van der Waals surface area contributed by atoms with Gasteiger partial charge in [-0.15, -0.1) is 0 Å². The number of aromatic nitrogens is 2. The van der Waals surface area contributed by atoms with Crippen LogP contribution in [0, 0.1) is 0 Å². The van der Waals surface area contributed by atoms with Crippen LogP contribution >= 0.6 is 0 Å². The van der Waals surface area contributed by atoms with Gasteiger partial charge in [0.1, 0.15) is 12.0 Å². The largest absolute Gasteiger partial charge is 0.393 e. The average molecular weight is 359 g/mol. The van der Waals surface area contributed by atoms with Crippen LogP contribution in [0.4, 0.5) is 23.0 Å². The molecule has 5 nitrogen and oxygen atoms in total. The molecule has 4 rings (SSSR count). The monoisotopic (exact) mass is 359 g/mol. The summed E-state index contributed by atoms with van der Waals surface area (Å²) in [6, 6.07) is 16.9. The maximum atomic E-state index is 6.43. The minimum absolute atomic E-state index is 0.511. The number of benzene rings is 2. The van der Waals surface area contributed by atoms with Crippen LogP contribution in [-0.2, 0) is 13.0 Å². The second-order valence-corrected chi connectivity index (χ2v) is 7.30. The van der Waals surface area contributed by atoms with E-state index in [9.17, 15) is 0 Å². The first-order valence-corrected chi connectivity index (χ1v) is 9.41. The van der Waals surface area contributed by atoms with Crippen molar-refractivity contribution in [3.8, 4) is 0 Å². The fraction of sp³-hybridized carbons (Fsp3) is 0.273. The molecule has 0 saturated heterocycles. The number of hydrogen-bond acceptors (Lipinski definition) is 5. The van der Waals surface area contributed by atoms with Gasteiger partial charge in [0, 0.05) is 18.8 Å². The molecule has 0 amide bonds. The summed E-state index contributed by atoms with van der Waals surface area (Å²) in [5, 5.41) is 3.33. The Bertz CT molecular complexity index is 934. The minimum Gasteiger partial charge on any atom is -0.393 e. The molecule has 1 aliphatic rings. The first-order valence-electron chi connectivity index (χ1n) is 9.41. The topological polar surface area (TPSA) is 67.1 Å². The normalized spacial score (nSPS) is 13.5. The van der Waals surface area contributed by atoms with Gasteiger partial charge in [-0.05, 0) is 41.2 Å². The van der Waals surface area contributed by atoms with Crippen molar-refractivity contribution in [1.82, 2.24) is 9.97 Å².